The molecule has 0 unspecified atom stereocenters. The van der Waals surface area contributed by atoms with Crippen LogP contribution in [0.15, 0.2) is 30.3 Å². The molecule has 0 aliphatic rings. The zero-order chi connectivity index (χ0) is 12.4. The topological polar surface area (TPSA) is 62.8 Å². The Morgan fingerprint density at radius 1 is 1.29 bits per heavy atom. The van der Waals surface area contributed by atoms with Gasteiger partial charge in [0.15, 0.2) is 0 Å². The number of thiazole rings is 1. The van der Waals surface area contributed by atoms with Crippen LogP contribution in [0.2, 0.25) is 0 Å². The fourth-order valence-electron chi connectivity index (χ4n) is 1.62. The molecule has 3 N–H and O–H groups in total. The van der Waals surface area contributed by atoms with Gasteiger partial charge in [-0.1, -0.05) is 44.2 Å². The summed E-state index contributed by atoms with van der Waals surface area (Å²) < 4.78 is 0. The molecule has 0 fully saturated rings. The van der Waals surface area contributed by atoms with Crippen LogP contribution in [-0.4, -0.2) is 10.8 Å². The van der Waals surface area contributed by atoms with Crippen molar-refractivity contribution >= 4 is 17.2 Å². The molecule has 2 rings (SSSR count). The molecule has 17 heavy (non-hydrogen) atoms. The smallest absolute Gasteiger partial charge is 0.135 e. The van der Waals surface area contributed by atoms with Crippen LogP contribution in [0.25, 0.3) is 10.6 Å². The zero-order valence-corrected chi connectivity index (χ0v) is 10.7. The third kappa shape index (κ3) is 2.36. The first-order chi connectivity index (χ1) is 8.09. The lowest BCUT2D eigenvalue weighted by Crippen LogP contribution is -2.12. The van der Waals surface area contributed by atoms with Crippen molar-refractivity contribution in [2.75, 3.05) is 0 Å². The number of nitrogens with one attached hydrogen (secondary N) is 1. The quantitative estimate of drug-likeness (QED) is 0.644. The fourth-order valence-corrected chi connectivity index (χ4v) is 2.71. The minimum Gasteiger partial charge on any atom is -0.383 e. The van der Waals surface area contributed by atoms with E-state index in [9.17, 15) is 0 Å². The molecule has 3 nitrogen and oxygen atoms in total. The van der Waals surface area contributed by atoms with Crippen molar-refractivity contribution in [1.82, 2.24) is 4.98 Å². The number of rotatable bonds is 3. The molecule has 1 aromatic heterocycles. The molecule has 0 aliphatic carbocycles. The van der Waals surface area contributed by atoms with Gasteiger partial charge in [-0.2, -0.15) is 0 Å². The van der Waals surface area contributed by atoms with Gasteiger partial charge in [0.1, 0.15) is 10.8 Å². The van der Waals surface area contributed by atoms with Crippen LogP contribution < -0.4 is 5.73 Å². The minimum atomic E-state index is 0.105. The Bertz CT molecular complexity index is 529. The molecule has 1 aromatic carbocycles. The van der Waals surface area contributed by atoms with E-state index in [1.54, 1.807) is 0 Å². The van der Waals surface area contributed by atoms with Crippen LogP contribution in [0.1, 0.15) is 30.3 Å². The van der Waals surface area contributed by atoms with Crippen molar-refractivity contribution in [3.63, 3.8) is 0 Å². The highest BCUT2D eigenvalue weighted by atomic mass is 32.1. The number of nitrogens with zero attached hydrogens (tertiary/aromatic N) is 1. The van der Waals surface area contributed by atoms with E-state index in [2.05, 4.69) is 18.8 Å². The molecule has 2 aromatic rings. The molecule has 0 saturated carbocycles. The lowest BCUT2D eigenvalue weighted by Gasteiger charge is -2.02. The molecule has 0 atom stereocenters. The first-order valence-electron chi connectivity index (χ1n) is 5.50. The van der Waals surface area contributed by atoms with Gasteiger partial charge in [0.25, 0.3) is 0 Å². The highest BCUT2D eigenvalue weighted by Gasteiger charge is 2.16. The second-order valence-corrected chi connectivity index (χ2v) is 5.17. The summed E-state index contributed by atoms with van der Waals surface area (Å²) in [6.45, 7) is 4.13. The Labute approximate surface area is 105 Å². The average Bonchev–Trinajstić information content (AvgIpc) is 2.75. The Morgan fingerprint density at radius 2 is 1.94 bits per heavy atom. The van der Waals surface area contributed by atoms with Crippen LogP contribution in [0.5, 0.6) is 0 Å². The van der Waals surface area contributed by atoms with Gasteiger partial charge in [-0.3, -0.25) is 5.41 Å². The minimum absolute atomic E-state index is 0.105. The van der Waals surface area contributed by atoms with Crippen molar-refractivity contribution in [2.45, 2.75) is 19.8 Å². The molecule has 0 bridgehead atoms. The zero-order valence-electron chi connectivity index (χ0n) is 9.90. The van der Waals surface area contributed by atoms with Crippen molar-refractivity contribution in [3.05, 3.63) is 40.9 Å². The van der Waals surface area contributed by atoms with E-state index in [-0.39, 0.29) is 11.8 Å². The van der Waals surface area contributed by atoms with E-state index < -0.39 is 0 Å². The van der Waals surface area contributed by atoms with Gasteiger partial charge >= 0.3 is 0 Å². The first-order valence-corrected chi connectivity index (χ1v) is 6.31. The summed E-state index contributed by atoms with van der Waals surface area (Å²) in [6.07, 6.45) is 0. The lowest BCUT2D eigenvalue weighted by atomic mass is 10.1. The van der Waals surface area contributed by atoms with Crippen LogP contribution in [0.4, 0.5) is 0 Å². The van der Waals surface area contributed by atoms with E-state index in [0.717, 1.165) is 21.1 Å². The Hall–Kier alpha value is -1.68. The normalized spacial score (nSPS) is 10.8. The summed E-state index contributed by atoms with van der Waals surface area (Å²) in [5.41, 5.74) is 7.59. The first kappa shape index (κ1) is 11.8. The molecule has 0 saturated heterocycles. The van der Waals surface area contributed by atoms with Crippen LogP contribution >= 0.6 is 11.3 Å². The molecule has 88 valence electrons. The van der Waals surface area contributed by atoms with Gasteiger partial charge < -0.3 is 5.73 Å². The molecule has 0 amide bonds. The van der Waals surface area contributed by atoms with Crippen LogP contribution in [0, 0.1) is 5.41 Å². The van der Waals surface area contributed by atoms with Crippen LogP contribution in [0.3, 0.4) is 0 Å². The molecule has 0 aliphatic heterocycles. The summed E-state index contributed by atoms with van der Waals surface area (Å²) >= 11 is 1.49. The van der Waals surface area contributed by atoms with Gasteiger partial charge in [0, 0.05) is 5.56 Å². The standard InChI is InChI=1S/C13H15N3S/c1-8(2)10-11(12(14)15)17-13(16-10)9-6-4-3-5-7-9/h3-8H,1-2H3,(H3,14,15). The number of nitrogens with two attached hydrogens (primary N) is 1. The van der Waals surface area contributed by atoms with E-state index in [1.165, 1.54) is 11.3 Å². The highest BCUT2D eigenvalue weighted by molar-refractivity contribution is 7.17. The highest BCUT2D eigenvalue weighted by Crippen LogP contribution is 2.31. The van der Waals surface area contributed by atoms with Gasteiger partial charge in [-0.25, -0.2) is 4.98 Å². The maximum atomic E-state index is 7.59. The number of hydrogen-bond donors (Lipinski definition) is 2. The SMILES string of the molecule is CC(C)c1nc(-c2ccccc2)sc1C(=N)N. The van der Waals surface area contributed by atoms with Crippen molar-refractivity contribution < 1.29 is 0 Å². The van der Waals surface area contributed by atoms with Crippen molar-refractivity contribution in [2.24, 2.45) is 5.73 Å². The largest absolute Gasteiger partial charge is 0.383 e. The second kappa shape index (κ2) is 4.67. The molecule has 0 radical (unpaired) electrons. The number of amidine groups is 1. The Kier molecular flexibility index (Phi) is 3.24. The summed E-state index contributed by atoms with van der Waals surface area (Å²) in [5, 5.41) is 8.52. The monoisotopic (exact) mass is 245 g/mol. The molecule has 1 heterocycles. The van der Waals surface area contributed by atoms with Crippen LogP contribution in [-0.2, 0) is 0 Å². The Balaban J connectivity index is 2.51. The third-order valence-corrected chi connectivity index (χ3v) is 3.62. The predicted octanol–water partition coefficient (Wildman–Crippen LogP) is 3.22. The number of hydrogen-bond acceptors (Lipinski definition) is 3. The molecular formula is C13H15N3S. The third-order valence-electron chi connectivity index (χ3n) is 2.47. The summed E-state index contributed by atoms with van der Waals surface area (Å²) in [7, 11) is 0. The Morgan fingerprint density at radius 3 is 2.41 bits per heavy atom. The van der Waals surface area contributed by atoms with E-state index in [0.29, 0.717) is 0 Å². The lowest BCUT2D eigenvalue weighted by molar-refractivity contribution is 0.831. The summed E-state index contributed by atoms with van der Waals surface area (Å²) in [5.74, 6) is 0.385. The van der Waals surface area contributed by atoms with Crippen molar-refractivity contribution in [1.29, 1.82) is 5.41 Å². The van der Waals surface area contributed by atoms with E-state index in [4.69, 9.17) is 11.1 Å². The summed E-state index contributed by atoms with van der Waals surface area (Å²) in [4.78, 5) is 5.39. The second-order valence-electron chi connectivity index (χ2n) is 4.17. The van der Waals surface area contributed by atoms with E-state index in [1.807, 2.05) is 30.3 Å². The maximum Gasteiger partial charge on any atom is 0.135 e. The van der Waals surface area contributed by atoms with Gasteiger partial charge in [0.05, 0.1) is 10.6 Å². The van der Waals surface area contributed by atoms with Crippen molar-refractivity contribution in [3.8, 4) is 10.6 Å². The maximum absolute atomic E-state index is 7.59. The molecule has 0 spiro atoms. The number of nitrogen functional groups attached to an aromatic ring is 1. The predicted molar refractivity (Wildman–Crippen MR) is 72.7 cm³/mol. The summed E-state index contributed by atoms with van der Waals surface area (Å²) in [6, 6.07) is 9.99. The number of aromatic nitrogens is 1. The molecule has 4 heteroatoms. The van der Waals surface area contributed by atoms with E-state index >= 15 is 0 Å². The van der Waals surface area contributed by atoms with Gasteiger partial charge in [-0.05, 0) is 5.92 Å². The molecular weight excluding hydrogens is 230 g/mol. The fraction of sp³-hybridized carbons (Fsp3) is 0.231. The van der Waals surface area contributed by atoms with Gasteiger partial charge in [-0.15, -0.1) is 11.3 Å². The number of benzene rings is 1. The average molecular weight is 245 g/mol. The van der Waals surface area contributed by atoms with Gasteiger partial charge in [0.2, 0.25) is 0 Å².